The predicted molar refractivity (Wildman–Crippen MR) is 109 cm³/mol. The highest BCUT2D eigenvalue weighted by molar-refractivity contribution is 8.00. The van der Waals surface area contributed by atoms with Gasteiger partial charge in [-0.3, -0.25) is 14.2 Å². The molecule has 6 heteroatoms. The summed E-state index contributed by atoms with van der Waals surface area (Å²) in [7, 11) is 0. The van der Waals surface area contributed by atoms with E-state index in [1.165, 1.54) is 31.0 Å². The van der Waals surface area contributed by atoms with Crippen molar-refractivity contribution in [1.29, 1.82) is 0 Å². The minimum Gasteiger partial charge on any atom is -0.352 e. The van der Waals surface area contributed by atoms with Gasteiger partial charge in [-0.1, -0.05) is 43.7 Å². The summed E-state index contributed by atoms with van der Waals surface area (Å²) in [5.41, 5.74) is 0.717. The van der Waals surface area contributed by atoms with E-state index in [-0.39, 0.29) is 28.8 Å². The number of fused-ring (bicyclic) bond motifs is 1. The minimum absolute atomic E-state index is 0.0131. The molecule has 1 N–H and O–H groups in total. The van der Waals surface area contributed by atoms with Crippen LogP contribution in [-0.4, -0.2) is 26.8 Å². The van der Waals surface area contributed by atoms with Crippen LogP contribution < -0.4 is 10.9 Å². The second-order valence-corrected chi connectivity index (χ2v) is 9.26. The molecule has 0 bridgehead atoms. The third-order valence-corrected chi connectivity index (χ3v) is 6.84. The highest BCUT2D eigenvalue weighted by Crippen LogP contribution is 2.37. The van der Waals surface area contributed by atoms with Gasteiger partial charge in [0.25, 0.3) is 5.56 Å². The average Bonchev–Trinajstić information content (AvgIpc) is 3.48. The van der Waals surface area contributed by atoms with E-state index < -0.39 is 0 Å². The van der Waals surface area contributed by atoms with E-state index in [1.54, 1.807) is 4.57 Å². The van der Waals surface area contributed by atoms with E-state index in [9.17, 15) is 9.59 Å². The number of hydrogen-bond acceptors (Lipinski definition) is 4. The maximum atomic E-state index is 13.0. The first-order valence-corrected chi connectivity index (χ1v) is 10.9. The Labute approximate surface area is 163 Å². The zero-order valence-corrected chi connectivity index (χ0v) is 16.8. The van der Waals surface area contributed by atoms with Gasteiger partial charge in [-0.25, -0.2) is 4.98 Å². The molecule has 2 saturated carbocycles. The molecule has 1 amide bonds. The first kappa shape index (κ1) is 18.5. The number of benzene rings is 1. The first-order valence-electron chi connectivity index (χ1n) is 10.0. The van der Waals surface area contributed by atoms with Crippen molar-refractivity contribution in [2.45, 2.75) is 74.9 Å². The van der Waals surface area contributed by atoms with Gasteiger partial charge in [0.1, 0.15) is 0 Å². The predicted octanol–water partition coefficient (Wildman–Crippen LogP) is 3.91. The lowest BCUT2D eigenvalue weighted by molar-refractivity contribution is -0.121. The van der Waals surface area contributed by atoms with Gasteiger partial charge in [0.05, 0.1) is 16.2 Å². The molecular formula is C21H27N3O2S. The van der Waals surface area contributed by atoms with Crippen molar-refractivity contribution < 1.29 is 4.79 Å². The van der Waals surface area contributed by atoms with Crippen molar-refractivity contribution in [2.75, 3.05) is 0 Å². The summed E-state index contributed by atoms with van der Waals surface area (Å²) in [5.74, 6) is 0.576. The van der Waals surface area contributed by atoms with E-state index in [0.717, 1.165) is 19.3 Å². The normalized spacial score (nSPS) is 23.9. The van der Waals surface area contributed by atoms with Gasteiger partial charge in [0.2, 0.25) is 5.91 Å². The van der Waals surface area contributed by atoms with Crippen LogP contribution in [0.25, 0.3) is 10.9 Å². The topological polar surface area (TPSA) is 64.0 Å². The van der Waals surface area contributed by atoms with Crippen LogP contribution in [0.1, 0.15) is 58.4 Å². The fraction of sp³-hybridized carbons (Fsp3) is 0.571. The molecule has 0 aliphatic heterocycles. The third kappa shape index (κ3) is 3.91. The fourth-order valence-corrected chi connectivity index (χ4v) is 4.89. The van der Waals surface area contributed by atoms with Crippen LogP contribution in [0.5, 0.6) is 0 Å². The monoisotopic (exact) mass is 385 g/mol. The van der Waals surface area contributed by atoms with Crippen LogP contribution in [0, 0.1) is 5.92 Å². The van der Waals surface area contributed by atoms with Crippen LogP contribution in [-0.2, 0) is 4.79 Å². The quantitative estimate of drug-likeness (QED) is 0.626. The summed E-state index contributed by atoms with van der Waals surface area (Å²) in [6, 6.07) is 7.96. The van der Waals surface area contributed by atoms with E-state index in [2.05, 4.69) is 12.2 Å². The smallest absolute Gasteiger partial charge is 0.262 e. The molecule has 3 atom stereocenters. The van der Waals surface area contributed by atoms with Gasteiger partial charge >= 0.3 is 0 Å². The van der Waals surface area contributed by atoms with Crippen molar-refractivity contribution in [1.82, 2.24) is 14.9 Å². The molecule has 1 heterocycles. The van der Waals surface area contributed by atoms with Crippen LogP contribution in [0.2, 0.25) is 0 Å². The number of carbonyl (C=O) groups is 1. The van der Waals surface area contributed by atoms with E-state index in [0.29, 0.717) is 22.0 Å². The number of rotatable bonds is 5. The van der Waals surface area contributed by atoms with Crippen LogP contribution in [0.4, 0.5) is 0 Å². The highest BCUT2D eigenvalue weighted by Gasteiger charge is 2.31. The molecule has 0 spiro atoms. The summed E-state index contributed by atoms with van der Waals surface area (Å²) in [6.07, 6.45) is 6.70. The lowest BCUT2D eigenvalue weighted by atomic mass is 9.86. The van der Waals surface area contributed by atoms with E-state index >= 15 is 0 Å². The molecular weight excluding hydrogens is 358 g/mol. The molecule has 1 aromatic heterocycles. The van der Waals surface area contributed by atoms with Gasteiger partial charge in [-0.15, -0.1) is 0 Å². The zero-order valence-electron chi connectivity index (χ0n) is 16.0. The molecule has 2 aliphatic rings. The Morgan fingerprint density at radius 3 is 2.70 bits per heavy atom. The molecule has 1 aromatic carbocycles. The SMILES string of the molecule is C[C@@H]1CCCC[C@@H]1NC(=O)[C@@H](C)Sc1nc2ccccc2c(=O)n1C1CC1. The van der Waals surface area contributed by atoms with Crippen LogP contribution >= 0.6 is 11.8 Å². The maximum absolute atomic E-state index is 13.0. The highest BCUT2D eigenvalue weighted by atomic mass is 32.2. The average molecular weight is 386 g/mol. The molecule has 0 saturated heterocycles. The molecule has 2 aromatic rings. The van der Waals surface area contributed by atoms with Gasteiger partial charge < -0.3 is 5.32 Å². The number of carbonyl (C=O) groups excluding carboxylic acids is 1. The Bertz CT molecular complexity index is 906. The Hall–Kier alpha value is -1.82. The molecule has 27 heavy (non-hydrogen) atoms. The summed E-state index contributed by atoms with van der Waals surface area (Å²) in [6.45, 7) is 4.13. The number of thioether (sulfide) groups is 1. The largest absolute Gasteiger partial charge is 0.352 e. The molecule has 5 nitrogen and oxygen atoms in total. The van der Waals surface area contributed by atoms with Crippen molar-refractivity contribution >= 4 is 28.6 Å². The summed E-state index contributed by atoms with van der Waals surface area (Å²) in [5, 5.41) is 4.27. The Morgan fingerprint density at radius 1 is 1.22 bits per heavy atom. The van der Waals surface area contributed by atoms with Crippen LogP contribution in [0.15, 0.2) is 34.2 Å². The van der Waals surface area contributed by atoms with Crippen molar-refractivity contribution in [3.63, 3.8) is 0 Å². The summed E-state index contributed by atoms with van der Waals surface area (Å²) < 4.78 is 1.81. The molecule has 0 unspecified atom stereocenters. The maximum Gasteiger partial charge on any atom is 0.262 e. The lowest BCUT2D eigenvalue weighted by Crippen LogP contribution is -2.44. The van der Waals surface area contributed by atoms with Gasteiger partial charge in [0, 0.05) is 12.1 Å². The van der Waals surface area contributed by atoms with E-state index in [4.69, 9.17) is 4.98 Å². The molecule has 4 rings (SSSR count). The number of aromatic nitrogens is 2. The molecule has 144 valence electrons. The fourth-order valence-electron chi connectivity index (χ4n) is 3.91. The van der Waals surface area contributed by atoms with Gasteiger partial charge in [-0.2, -0.15) is 0 Å². The van der Waals surface area contributed by atoms with Crippen molar-refractivity contribution in [3.8, 4) is 0 Å². The standard InChI is InChI=1S/C21H27N3O2S/c1-13-7-3-5-9-17(13)22-19(25)14(2)27-21-23-18-10-6-4-8-16(18)20(26)24(21)15-11-12-15/h4,6,8,10,13-15,17H,3,5,7,9,11-12H2,1-2H3,(H,22,25)/t13-,14-,17+/m1/s1. The summed E-state index contributed by atoms with van der Waals surface area (Å²) in [4.78, 5) is 30.4. The van der Waals surface area contributed by atoms with Crippen molar-refractivity contribution in [2.24, 2.45) is 5.92 Å². The second-order valence-electron chi connectivity index (χ2n) is 7.95. The number of nitrogens with zero attached hydrogens (tertiary/aromatic N) is 2. The Kier molecular flexibility index (Phi) is 5.26. The summed E-state index contributed by atoms with van der Waals surface area (Å²) >= 11 is 1.41. The lowest BCUT2D eigenvalue weighted by Gasteiger charge is -2.30. The first-order chi connectivity index (χ1) is 13.0. The number of hydrogen-bond donors (Lipinski definition) is 1. The Morgan fingerprint density at radius 2 is 1.96 bits per heavy atom. The molecule has 0 radical (unpaired) electrons. The number of amides is 1. The van der Waals surface area contributed by atoms with Crippen LogP contribution in [0.3, 0.4) is 0 Å². The van der Waals surface area contributed by atoms with Gasteiger partial charge in [0.15, 0.2) is 5.16 Å². The molecule has 2 aliphatic carbocycles. The molecule has 2 fully saturated rings. The van der Waals surface area contributed by atoms with Gasteiger partial charge in [-0.05, 0) is 50.7 Å². The second kappa shape index (κ2) is 7.66. The number of nitrogens with one attached hydrogen (secondary N) is 1. The van der Waals surface area contributed by atoms with Crippen molar-refractivity contribution in [3.05, 3.63) is 34.6 Å². The van der Waals surface area contributed by atoms with E-state index in [1.807, 2.05) is 31.2 Å². The Balaban J connectivity index is 1.56. The zero-order chi connectivity index (χ0) is 19.0. The number of para-hydroxylation sites is 1. The minimum atomic E-state index is -0.280. The third-order valence-electron chi connectivity index (χ3n) is 5.78.